The number of amides is 1. The van der Waals surface area contributed by atoms with E-state index < -0.39 is 10.0 Å². The van der Waals surface area contributed by atoms with Crippen LogP contribution >= 0.6 is 0 Å². The molecule has 6 nitrogen and oxygen atoms in total. The molecule has 0 aromatic heterocycles. The van der Waals surface area contributed by atoms with E-state index in [1.807, 2.05) is 50.2 Å². The number of carbonyl (C=O) groups is 1. The number of anilines is 1. The normalized spacial score (nSPS) is 12.3. The zero-order chi connectivity index (χ0) is 20.0. The Hall–Kier alpha value is -2.54. The van der Waals surface area contributed by atoms with Crippen molar-refractivity contribution in [2.24, 2.45) is 0 Å². The average Bonchev–Trinajstić information content (AvgIpc) is 2.65. The molecule has 2 aromatic rings. The molecule has 0 aliphatic heterocycles. The van der Waals surface area contributed by atoms with Crippen LogP contribution in [0.25, 0.3) is 0 Å². The van der Waals surface area contributed by atoms with Gasteiger partial charge in [-0.15, -0.1) is 0 Å². The Morgan fingerprint density at radius 1 is 1.15 bits per heavy atom. The third-order valence-electron chi connectivity index (χ3n) is 4.31. The molecule has 1 atom stereocenters. The van der Waals surface area contributed by atoms with Gasteiger partial charge in [0.1, 0.15) is 12.3 Å². The number of hydrogen-bond acceptors (Lipinski definition) is 4. The predicted octanol–water partition coefficient (Wildman–Crippen LogP) is 2.90. The fourth-order valence-corrected chi connectivity index (χ4v) is 3.84. The topological polar surface area (TPSA) is 75.7 Å². The Labute approximate surface area is 161 Å². The first-order valence-corrected chi connectivity index (χ1v) is 10.6. The van der Waals surface area contributed by atoms with Crippen LogP contribution in [0, 0.1) is 0 Å². The van der Waals surface area contributed by atoms with Gasteiger partial charge in [0.05, 0.1) is 25.1 Å². The Balaban J connectivity index is 2.22. The standard InChI is InChI=1S/C20H26N2O4S/c1-5-16-10-6-8-12-18(16)22(27(4,24)25)14-20(23)21-15(2)17-11-7-9-13-19(17)26-3/h6-13,15H,5,14H2,1-4H3,(H,21,23). The second kappa shape index (κ2) is 8.90. The summed E-state index contributed by atoms with van der Waals surface area (Å²) in [5.41, 5.74) is 2.23. The quantitative estimate of drug-likeness (QED) is 0.752. The average molecular weight is 391 g/mol. The number of sulfonamides is 1. The zero-order valence-corrected chi connectivity index (χ0v) is 16.9. The Morgan fingerprint density at radius 2 is 1.78 bits per heavy atom. The number of aryl methyl sites for hydroxylation is 1. The molecular formula is C20H26N2O4S. The van der Waals surface area contributed by atoms with E-state index in [1.165, 1.54) is 0 Å². The molecular weight excluding hydrogens is 364 g/mol. The number of hydrogen-bond donors (Lipinski definition) is 1. The van der Waals surface area contributed by atoms with Crippen molar-refractivity contribution < 1.29 is 17.9 Å². The van der Waals surface area contributed by atoms with Crippen LogP contribution in [-0.2, 0) is 21.2 Å². The van der Waals surface area contributed by atoms with Gasteiger partial charge in [-0.2, -0.15) is 0 Å². The van der Waals surface area contributed by atoms with E-state index >= 15 is 0 Å². The Morgan fingerprint density at radius 3 is 2.41 bits per heavy atom. The molecule has 27 heavy (non-hydrogen) atoms. The maximum atomic E-state index is 12.6. The van der Waals surface area contributed by atoms with Gasteiger partial charge in [0.2, 0.25) is 15.9 Å². The summed E-state index contributed by atoms with van der Waals surface area (Å²) in [4.78, 5) is 12.6. The lowest BCUT2D eigenvalue weighted by molar-refractivity contribution is -0.120. The third-order valence-corrected chi connectivity index (χ3v) is 5.44. The minimum atomic E-state index is -3.61. The molecule has 0 saturated carbocycles. The number of methoxy groups -OCH3 is 1. The van der Waals surface area contributed by atoms with Crippen LogP contribution in [0.2, 0.25) is 0 Å². The summed E-state index contributed by atoms with van der Waals surface area (Å²) in [6.07, 6.45) is 1.78. The number of carbonyl (C=O) groups excluding carboxylic acids is 1. The van der Waals surface area contributed by atoms with E-state index in [9.17, 15) is 13.2 Å². The number of benzene rings is 2. The fourth-order valence-electron chi connectivity index (χ4n) is 2.95. The maximum absolute atomic E-state index is 12.6. The first-order valence-electron chi connectivity index (χ1n) is 8.75. The molecule has 2 rings (SSSR count). The molecule has 0 fully saturated rings. The van der Waals surface area contributed by atoms with Gasteiger partial charge < -0.3 is 10.1 Å². The monoisotopic (exact) mass is 390 g/mol. The molecule has 1 amide bonds. The van der Waals surface area contributed by atoms with Crippen LogP contribution < -0.4 is 14.4 Å². The van der Waals surface area contributed by atoms with Gasteiger partial charge in [0, 0.05) is 5.56 Å². The molecule has 0 heterocycles. The highest BCUT2D eigenvalue weighted by molar-refractivity contribution is 7.92. The molecule has 1 unspecified atom stereocenters. The molecule has 0 aliphatic carbocycles. The number of ether oxygens (including phenoxy) is 1. The number of nitrogens with zero attached hydrogens (tertiary/aromatic N) is 1. The van der Waals surface area contributed by atoms with Gasteiger partial charge in [-0.3, -0.25) is 9.10 Å². The van der Waals surface area contributed by atoms with Crippen molar-refractivity contribution in [3.05, 3.63) is 59.7 Å². The van der Waals surface area contributed by atoms with Gasteiger partial charge in [0.15, 0.2) is 0 Å². The fraction of sp³-hybridized carbons (Fsp3) is 0.350. The van der Waals surface area contributed by atoms with Crippen molar-refractivity contribution in [2.45, 2.75) is 26.3 Å². The van der Waals surface area contributed by atoms with Crippen molar-refractivity contribution in [1.29, 1.82) is 0 Å². The van der Waals surface area contributed by atoms with E-state index in [4.69, 9.17) is 4.74 Å². The summed E-state index contributed by atoms with van der Waals surface area (Å²) in [6.45, 7) is 3.50. The number of para-hydroxylation sites is 2. The summed E-state index contributed by atoms with van der Waals surface area (Å²) in [6, 6.07) is 14.3. The minimum absolute atomic E-state index is 0.282. The number of nitrogens with one attached hydrogen (secondary N) is 1. The number of rotatable bonds is 8. The van der Waals surface area contributed by atoms with E-state index in [0.29, 0.717) is 17.9 Å². The maximum Gasteiger partial charge on any atom is 0.241 e. The summed E-state index contributed by atoms with van der Waals surface area (Å²) < 4.78 is 31.1. The first kappa shape index (κ1) is 20.8. The lowest BCUT2D eigenvalue weighted by Crippen LogP contribution is -2.41. The largest absolute Gasteiger partial charge is 0.496 e. The van der Waals surface area contributed by atoms with Crippen molar-refractivity contribution in [3.63, 3.8) is 0 Å². The molecule has 1 N–H and O–H groups in total. The molecule has 0 spiro atoms. The summed E-state index contributed by atoms with van der Waals surface area (Å²) in [5, 5.41) is 2.86. The van der Waals surface area contributed by atoms with Crippen LogP contribution in [0.15, 0.2) is 48.5 Å². The minimum Gasteiger partial charge on any atom is -0.496 e. The van der Waals surface area contributed by atoms with Crippen molar-refractivity contribution in [1.82, 2.24) is 5.32 Å². The highest BCUT2D eigenvalue weighted by atomic mass is 32.2. The van der Waals surface area contributed by atoms with Crippen molar-refractivity contribution >= 4 is 21.6 Å². The summed E-state index contributed by atoms with van der Waals surface area (Å²) >= 11 is 0. The summed E-state index contributed by atoms with van der Waals surface area (Å²) in [7, 11) is -2.04. The molecule has 146 valence electrons. The molecule has 7 heteroatoms. The molecule has 2 aromatic carbocycles. The third kappa shape index (κ3) is 5.23. The van der Waals surface area contributed by atoms with Gasteiger partial charge >= 0.3 is 0 Å². The smallest absolute Gasteiger partial charge is 0.241 e. The van der Waals surface area contributed by atoms with Crippen LogP contribution in [0.4, 0.5) is 5.69 Å². The lowest BCUT2D eigenvalue weighted by Gasteiger charge is -2.25. The SMILES string of the molecule is CCc1ccccc1N(CC(=O)NC(C)c1ccccc1OC)S(C)(=O)=O. The van der Waals surface area contributed by atoms with Gasteiger partial charge in [-0.05, 0) is 31.0 Å². The van der Waals surface area contributed by atoms with Gasteiger partial charge in [0.25, 0.3) is 0 Å². The van der Waals surface area contributed by atoms with Crippen LogP contribution in [0.1, 0.15) is 31.0 Å². The Kier molecular flexibility index (Phi) is 6.85. The van der Waals surface area contributed by atoms with E-state index in [1.54, 1.807) is 19.2 Å². The molecule has 0 radical (unpaired) electrons. The van der Waals surface area contributed by atoms with E-state index in [2.05, 4.69) is 5.32 Å². The van der Waals surface area contributed by atoms with E-state index in [-0.39, 0.29) is 18.5 Å². The lowest BCUT2D eigenvalue weighted by atomic mass is 10.1. The zero-order valence-electron chi connectivity index (χ0n) is 16.1. The van der Waals surface area contributed by atoms with Crippen LogP contribution in [0.5, 0.6) is 5.75 Å². The van der Waals surface area contributed by atoms with Crippen molar-refractivity contribution in [2.75, 3.05) is 24.2 Å². The Bertz CT molecular complexity index is 896. The molecule has 0 bridgehead atoms. The predicted molar refractivity (Wildman–Crippen MR) is 108 cm³/mol. The second-order valence-corrected chi connectivity index (χ2v) is 8.19. The molecule has 0 saturated heterocycles. The highest BCUT2D eigenvalue weighted by Gasteiger charge is 2.24. The van der Waals surface area contributed by atoms with Crippen molar-refractivity contribution in [3.8, 4) is 5.75 Å². The summed E-state index contributed by atoms with van der Waals surface area (Å²) in [5.74, 6) is 0.284. The van der Waals surface area contributed by atoms with E-state index in [0.717, 1.165) is 21.7 Å². The van der Waals surface area contributed by atoms with Crippen LogP contribution in [0.3, 0.4) is 0 Å². The van der Waals surface area contributed by atoms with Crippen LogP contribution in [-0.4, -0.2) is 34.2 Å². The van der Waals surface area contributed by atoms with Gasteiger partial charge in [-0.25, -0.2) is 8.42 Å². The highest BCUT2D eigenvalue weighted by Crippen LogP contribution is 2.25. The molecule has 0 aliphatic rings. The van der Waals surface area contributed by atoms with Gasteiger partial charge in [-0.1, -0.05) is 43.3 Å². The first-order chi connectivity index (χ1) is 12.8. The second-order valence-electron chi connectivity index (χ2n) is 6.28.